The number of fused-ring (bicyclic) bond motifs is 1. The molecule has 0 bridgehead atoms. The maximum atomic E-state index is 13.6. The van der Waals surface area contributed by atoms with Crippen LogP contribution >= 0.6 is 11.6 Å². The van der Waals surface area contributed by atoms with E-state index in [1.165, 1.54) is 31.7 Å². The number of rotatable bonds is 5. The van der Waals surface area contributed by atoms with E-state index in [9.17, 15) is 10.1 Å². The van der Waals surface area contributed by atoms with E-state index in [2.05, 4.69) is 38.2 Å². The van der Waals surface area contributed by atoms with Gasteiger partial charge in [-0.1, -0.05) is 36.9 Å². The van der Waals surface area contributed by atoms with Crippen LogP contribution in [-0.2, 0) is 0 Å². The lowest BCUT2D eigenvalue weighted by molar-refractivity contribution is 0.0139. The summed E-state index contributed by atoms with van der Waals surface area (Å²) in [5, 5.41) is 13.9. The lowest BCUT2D eigenvalue weighted by Gasteiger charge is -2.49. The fourth-order valence-electron chi connectivity index (χ4n) is 5.61. The molecule has 2 aliphatic rings. The van der Waals surface area contributed by atoms with Crippen molar-refractivity contribution in [3.8, 4) is 11.9 Å². The van der Waals surface area contributed by atoms with Crippen LogP contribution in [0.4, 0.5) is 0 Å². The second kappa shape index (κ2) is 9.94. The Hall–Kier alpha value is -2.99. The largest absolute Gasteiger partial charge is 0.350 e. The van der Waals surface area contributed by atoms with Crippen molar-refractivity contribution in [2.75, 3.05) is 39.8 Å². The van der Waals surface area contributed by atoms with E-state index in [1.807, 2.05) is 12.1 Å². The van der Waals surface area contributed by atoms with Crippen LogP contribution in [0, 0.1) is 11.3 Å². The average Bonchev–Trinajstić information content (AvgIpc) is 3.29. The fourth-order valence-corrected chi connectivity index (χ4v) is 5.88. The van der Waals surface area contributed by atoms with E-state index in [1.54, 1.807) is 16.8 Å². The molecule has 35 heavy (non-hydrogen) atoms. The number of carbonyl (C=O) groups is 1. The number of benzene rings is 1. The minimum absolute atomic E-state index is 0.00375. The van der Waals surface area contributed by atoms with Crippen molar-refractivity contribution in [2.45, 2.75) is 37.6 Å². The molecule has 0 radical (unpaired) electrons. The summed E-state index contributed by atoms with van der Waals surface area (Å²) in [5.74, 6) is 0.214. The number of piperazine rings is 1. The number of likely N-dealkylation sites (N-methyl/N-ethyl adjacent to an activating group) is 1. The minimum atomic E-state index is -0.164. The molecular formula is C26H30ClN7O. The third kappa shape index (κ3) is 4.52. The zero-order valence-electron chi connectivity index (χ0n) is 20.0. The van der Waals surface area contributed by atoms with Gasteiger partial charge in [-0.05, 0) is 32.0 Å². The van der Waals surface area contributed by atoms with Gasteiger partial charge in [0, 0.05) is 62.2 Å². The van der Waals surface area contributed by atoms with Crippen LogP contribution in [0.5, 0.6) is 0 Å². The molecule has 1 saturated heterocycles. The molecule has 8 nitrogen and oxygen atoms in total. The third-order valence-corrected chi connectivity index (χ3v) is 7.89. The summed E-state index contributed by atoms with van der Waals surface area (Å²) in [4.78, 5) is 27.1. The summed E-state index contributed by atoms with van der Waals surface area (Å²) in [5.41, 5.74) is 1.37. The van der Waals surface area contributed by atoms with Crippen molar-refractivity contribution < 1.29 is 4.79 Å². The first-order chi connectivity index (χ1) is 17.0. The van der Waals surface area contributed by atoms with Crippen molar-refractivity contribution in [2.24, 2.45) is 0 Å². The van der Waals surface area contributed by atoms with Crippen molar-refractivity contribution in [1.82, 2.24) is 29.7 Å². The first-order valence-corrected chi connectivity index (χ1v) is 12.6. The monoisotopic (exact) mass is 491 g/mol. The molecule has 1 saturated carbocycles. The van der Waals surface area contributed by atoms with Gasteiger partial charge in [-0.25, -0.2) is 9.97 Å². The van der Waals surface area contributed by atoms with E-state index in [4.69, 9.17) is 11.6 Å². The number of carbonyl (C=O) groups excluding carboxylic acids is 1. The van der Waals surface area contributed by atoms with E-state index >= 15 is 0 Å². The second-order valence-corrected chi connectivity index (χ2v) is 10.1. The number of nitriles is 1. The predicted octanol–water partition coefficient (Wildman–Crippen LogP) is 3.63. The molecule has 0 spiro atoms. The Balaban J connectivity index is 1.46. The Morgan fingerprint density at radius 1 is 1.14 bits per heavy atom. The highest BCUT2D eigenvalue weighted by Gasteiger charge is 2.39. The molecule has 0 atom stereocenters. The molecule has 1 N–H and O–H groups in total. The highest BCUT2D eigenvalue weighted by atomic mass is 35.5. The molecule has 0 unspecified atom stereocenters. The van der Waals surface area contributed by atoms with Crippen LogP contribution in [0.2, 0.25) is 5.02 Å². The molecule has 1 aromatic carbocycles. The van der Waals surface area contributed by atoms with Crippen LogP contribution in [0.25, 0.3) is 16.7 Å². The predicted molar refractivity (Wildman–Crippen MR) is 136 cm³/mol. The van der Waals surface area contributed by atoms with Gasteiger partial charge in [-0.3, -0.25) is 14.3 Å². The number of nitrogens with zero attached hydrogens (tertiary/aromatic N) is 6. The Bertz CT molecular complexity index is 1270. The van der Waals surface area contributed by atoms with Gasteiger partial charge in [0.1, 0.15) is 6.07 Å². The Kier molecular flexibility index (Phi) is 6.74. The van der Waals surface area contributed by atoms with Crippen LogP contribution in [0.15, 0.2) is 36.8 Å². The van der Waals surface area contributed by atoms with E-state index in [0.717, 1.165) is 39.0 Å². The lowest BCUT2D eigenvalue weighted by Crippen LogP contribution is -2.61. The number of amides is 1. The third-order valence-electron chi connectivity index (χ3n) is 7.57. The second-order valence-electron chi connectivity index (χ2n) is 9.65. The highest BCUT2D eigenvalue weighted by Crippen LogP contribution is 2.35. The number of hydrogen-bond donors (Lipinski definition) is 1. The highest BCUT2D eigenvalue weighted by molar-refractivity contribution is 6.37. The van der Waals surface area contributed by atoms with Gasteiger partial charge in [0.15, 0.2) is 11.5 Å². The van der Waals surface area contributed by atoms with Crippen LogP contribution in [0.1, 0.15) is 48.2 Å². The smallest absolute Gasteiger partial charge is 0.253 e. The molecule has 9 heteroatoms. The van der Waals surface area contributed by atoms with Crippen molar-refractivity contribution >= 4 is 28.4 Å². The fraction of sp³-hybridized carbons (Fsp3) is 0.462. The molecule has 3 aromatic rings. The van der Waals surface area contributed by atoms with E-state index in [0.29, 0.717) is 33.9 Å². The molecule has 5 rings (SSSR count). The first-order valence-electron chi connectivity index (χ1n) is 12.3. The Labute approximate surface area is 210 Å². The molecule has 1 aliphatic carbocycles. The lowest BCUT2D eigenvalue weighted by atomic mass is 9.79. The quantitative estimate of drug-likeness (QED) is 0.586. The Morgan fingerprint density at radius 3 is 2.63 bits per heavy atom. The molecule has 1 aliphatic heterocycles. The van der Waals surface area contributed by atoms with E-state index < -0.39 is 0 Å². The maximum Gasteiger partial charge on any atom is 0.253 e. The molecule has 2 aromatic heterocycles. The minimum Gasteiger partial charge on any atom is -0.350 e. The van der Waals surface area contributed by atoms with Crippen molar-refractivity contribution in [1.29, 1.82) is 5.26 Å². The molecule has 1 amide bonds. The van der Waals surface area contributed by atoms with Gasteiger partial charge in [0.25, 0.3) is 5.91 Å². The maximum absolute atomic E-state index is 13.6. The number of aromatic nitrogens is 3. The topological polar surface area (TPSA) is 90.1 Å². The summed E-state index contributed by atoms with van der Waals surface area (Å²) in [6, 6.07) is 7.57. The zero-order valence-corrected chi connectivity index (χ0v) is 20.8. The van der Waals surface area contributed by atoms with E-state index in [-0.39, 0.29) is 17.1 Å². The standard InChI is InChI=1S/C26H30ClN7O/c1-32-12-14-33(15-13-32)26(8-3-2-4-9-26)18-31-25(35)19-17-34(22-7-5-6-20(27)23(19)22)24-21(16-28)29-10-11-30-24/h5-7,10-11,17H,2-4,8-9,12-15,18H2,1H3,(H,31,35). The van der Waals surface area contributed by atoms with Crippen molar-refractivity contribution in [3.63, 3.8) is 0 Å². The number of hydrogen-bond acceptors (Lipinski definition) is 6. The number of nitrogens with one attached hydrogen (secondary N) is 1. The number of halogens is 1. The normalized spacial score (nSPS) is 18.9. The molecule has 182 valence electrons. The van der Waals surface area contributed by atoms with Gasteiger partial charge in [-0.2, -0.15) is 5.26 Å². The molecule has 3 heterocycles. The van der Waals surface area contributed by atoms with Gasteiger partial charge in [0.05, 0.1) is 16.1 Å². The van der Waals surface area contributed by atoms with Crippen LogP contribution in [-0.4, -0.2) is 75.6 Å². The van der Waals surface area contributed by atoms with Crippen LogP contribution in [0.3, 0.4) is 0 Å². The summed E-state index contributed by atoms with van der Waals surface area (Å²) in [6.45, 7) is 4.78. The first kappa shape index (κ1) is 23.7. The Morgan fingerprint density at radius 2 is 1.89 bits per heavy atom. The summed E-state index contributed by atoms with van der Waals surface area (Å²) in [6.07, 6.45) is 10.6. The van der Waals surface area contributed by atoms with Crippen LogP contribution < -0.4 is 5.32 Å². The summed E-state index contributed by atoms with van der Waals surface area (Å²) < 4.78 is 1.73. The van der Waals surface area contributed by atoms with Gasteiger partial charge < -0.3 is 10.2 Å². The van der Waals surface area contributed by atoms with Crippen molar-refractivity contribution in [3.05, 3.63) is 53.1 Å². The summed E-state index contributed by atoms with van der Waals surface area (Å²) in [7, 11) is 2.17. The average molecular weight is 492 g/mol. The van der Waals surface area contributed by atoms with Gasteiger partial charge >= 0.3 is 0 Å². The molecular weight excluding hydrogens is 462 g/mol. The summed E-state index contributed by atoms with van der Waals surface area (Å²) >= 11 is 6.59. The zero-order chi connectivity index (χ0) is 24.4. The van der Waals surface area contributed by atoms with Gasteiger partial charge in [0.2, 0.25) is 0 Å². The molecule has 2 fully saturated rings. The van der Waals surface area contributed by atoms with Gasteiger partial charge in [-0.15, -0.1) is 0 Å². The SMILES string of the molecule is CN1CCN(C2(CNC(=O)c3cn(-c4nccnc4C#N)c4cccc(Cl)c34)CCCCC2)CC1.